The van der Waals surface area contributed by atoms with Gasteiger partial charge in [0.1, 0.15) is 18.3 Å². The Balaban J connectivity index is 2.13. The third-order valence-corrected chi connectivity index (χ3v) is 3.76. The standard InChI is InChI=1S/C18H18ClFN4O3/c19-12-3-1-11(2-4-12)9-15(17(21)24-16(26)10-25)23-18(27)22-14-7-5-13(20)6-8-14/h1-8,15,25H,9-10H2,(H2,21,24,26)(H2,22,23,27)/t15-/m0/s1. The Kier molecular flexibility index (Phi) is 7.27. The number of aliphatic imine (C=N–C) groups is 1. The number of urea groups is 1. The molecule has 0 aliphatic carbocycles. The zero-order chi connectivity index (χ0) is 19.8. The fourth-order valence-electron chi connectivity index (χ4n) is 2.20. The molecular weight excluding hydrogens is 375 g/mol. The maximum atomic E-state index is 12.9. The van der Waals surface area contributed by atoms with Crippen molar-refractivity contribution in [3.05, 3.63) is 64.9 Å². The van der Waals surface area contributed by atoms with Gasteiger partial charge >= 0.3 is 6.03 Å². The van der Waals surface area contributed by atoms with Crippen LogP contribution in [0.15, 0.2) is 53.5 Å². The molecule has 0 radical (unpaired) electrons. The number of carbonyl (C=O) groups is 2. The fraction of sp³-hybridized carbons (Fsp3) is 0.167. The van der Waals surface area contributed by atoms with E-state index in [0.717, 1.165) is 5.56 Å². The van der Waals surface area contributed by atoms with Gasteiger partial charge in [-0.15, -0.1) is 0 Å². The summed E-state index contributed by atoms with van der Waals surface area (Å²) in [5.74, 6) is -1.41. The van der Waals surface area contributed by atoms with Crippen molar-refractivity contribution >= 4 is 35.1 Å². The quantitative estimate of drug-likeness (QED) is 0.444. The minimum atomic E-state index is -0.825. The lowest BCUT2D eigenvalue weighted by atomic mass is 10.1. The Morgan fingerprint density at radius 1 is 1.15 bits per heavy atom. The molecule has 0 saturated carbocycles. The highest BCUT2D eigenvalue weighted by atomic mass is 35.5. The van der Waals surface area contributed by atoms with Crippen molar-refractivity contribution in [2.24, 2.45) is 10.7 Å². The second-order valence-corrected chi connectivity index (χ2v) is 6.01. The first-order valence-corrected chi connectivity index (χ1v) is 8.30. The van der Waals surface area contributed by atoms with Gasteiger partial charge in [0.15, 0.2) is 0 Å². The number of nitrogens with zero attached hydrogens (tertiary/aromatic N) is 1. The summed E-state index contributed by atoms with van der Waals surface area (Å²) >= 11 is 5.86. The topological polar surface area (TPSA) is 117 Å². The Morgan fingerprint density at radius 2 is 1.78 bits per heavy atom. The van der Waals surface area contributed by atoms with Crippen LogP contribution in [0.25, 0.3) is 0 Å². The van der Waals surface area contributed by atoms with Crippen molar-refractivity contribution in [1.29, 1.82) is 0 Å². The Labute approximate surface area is 160 Å². The summed E-state index contributed by atoms with van der Waals surface area (Å²) in [5.41, 5.74) is 7.00. The predicted molar refractivity (Wildman–Crippen MR) is 101 cm³/mol. The van der Waals surface area contributed by atoms with E-state index in [1.165, 1.54) is 24.3 Å². The molecule has 2 rings (SSSR count). The number of aliphatic hydroxyl groups excluding tert-OH is 1. The number of benzene rings is 2. The molecule has 0 saturated heterocycles. The van der Waals surface area contributed by atoms with Gasteiger partial charge < -0.3 is 21.5 Å². The predicted octanol–water partition coefficient (Wildman–Crippen LogP) is 2.09. The number of nitrogens with two attached hydrogens (primary N) is 1. The molecule has 3 amide bonds. The van der Waals surface area contributed by atoms with Gasteiger partial charge in [0.05, 0.1) is 6.04 Å². The van der Waals surface area contributed by atoms with Crippen LogP contribution in [0.1, 0.15) is 5.56 Å². The van der Waals surface area contributed by atoms with Gasteiger partial charge in [-0.1, -0.05) is 23.7 Å². The summed E-state index contributed by atoms with van der Waals surface area (Å²) in [6, 6.07) is 10.6. The van der Waals surface area contributed by atoms with Crippen LogP contribution in [0.5, 0.6) is 0 Å². The Hall–Kier alpha value is -2.97. The van der Waals surface area contributed by atoms with E-state index in [0.29, 0.717) is 10.7 Å². The number of halogens is 2. The molecule has 0 aromatic heterocycles. The van der Waals surface area contributed by atoms with Gasteiger partial charge in [-0.25, -0.2) is 9.18 Å². The largest absolute Gasteiger partial charge is 0.386 e. The van der Waals surface area contributed by atoms with Crippen LogP contribution < -0.4 is 16.4 Å². The van der Waals surface area contributed by atoms with Crippen LogP contribution in [0.3, 0.4) is 0 Å². The fourth-order valence-corrected chi connectivity index (χ4v) is 2.33. The second kappa shape index (κ2) is 9.65. The van der Waals surface area contributed by atoms with Gasteiger partial charge in [-0.2, -0.15) is 4.99 Å². The summed E-state index contributed by atoms with van der Waals surface area (Å²) in [4.78, 5) is 27.1. The summed E-state index contributed by atoms with van der Waals surface area (Å²) in [7, 11) is 0. The van der Waals surface area contributed by atoms with Gasteiger partial charge in [-0.05, 0) is 48.4 Å². The molecule has 9 heteroatoms. The molecule has 27 heavy (non-hydrogen) atoms. The summed E-state index contributed by atoms with van der Waals surface area (Å²) in [6.07, 6.45) is 0.238. The SMILES string of the molecule is NC(=NC(=O)CO)[C@H](Cc1ccc(Cl)cc1)NC(=O)Nc1ccc(F)cc1. The molecule has 0 bridgehead atoms. The second-order valence-electron chi connectivity index (χ2n) is 5.58. The van der Waals surface area contributed by atoms with Crippen molar-refractivity contribution in [2.45, 2.75) is 12.5 Å². The molecular formula is C18H18ClFN4O3. The van der Waals surface area contributed by atoms with Gasteiger partial charge in [-0.3, -0.25) is 4.79 Å². The number of nitrogens with one attached hydrogen (secondary N) is 2. The van der Waals surface area contributed by atoms with Crippen LogP contribution >= 0.6 is 11.6 Å². The van der Waals surface area contributed by atoms with Crippen LogP contribution in [0, 0.1) is 5.82 Å². The van der Waals surface area contributed by atoms with Crippen molar-refractivity contribution in [3.8, 4) is 0 Å². The Bertz CT molecular complexity index is 826. The van der Waals surface area contributed by atoms with E-state index in [9.17, 15) is 14.0 Å². The zero-order valence-corrected chi connectivity index (χ0v) is 14.9. The molecule has 142 valence electrons. The van der Waals surface area contributed by atoms with Crippen LogP contribution in [0.4, 0.5) is 14.9 Å². The maximum absolute atomic E-state index is 12.9. The maximum Gasteiger partial charge on any atom is 0.319 e. The average molecular weight is 393 g/mol. The summed E-state index contributed by atoms with van der Waals surface area (Å²) < 4.78 is 12.9. The van der Waals surface area contributed by atoms with E-state index in [4.69, 9.17) is 22.4 Å². The third-order valence-electron chi connectivity index (χ3n) is 3.51. The van der Waals surface area contributed by atoms with Crippen molar-refractivity contribution in [3.63, 3.8) is 0 Å². The van der Waals surface area contributed by atoms with Crippen LogP contribution in [0.2, 0.25) is 5.02 Å². The smallest absolute Gasteiger partial charge is 0.319 e. The van der Waals surface area contributed by atoms with Crippen molar-refractivity contribution < 1.29 is 19.1 Å². The van der Waals surface area contributed by atoms with E-state index >= 15 is 0 Å². The minimum absolute atomic E-state index is 0.154. The monoisotopic (exact) mass is 392 g/mol. The Morgan fingerprint density at radius 3 is 2.37 bits per heavy atom. The first-order valence-electron chi connectivity index (χ1n) is 7.92. The van der Waals surface area contributed by atoms with Crippen LogP contribution in [-0.4, -0.2) is 35.5 Å². The van der Waals surface area contributed by atoms with Crippen LogP contribution in [-0.2, 0) is 11.2 Å². The molecule has 0 fully saturated rings. The highest BCUT2D eigenvalue weighted by molar-refractivity contribution is 6.30. The number of aliphatic hydroxyl groups is 1. The molecule has 0 aliphatic heterocycles. The number of rotatable bonds is 6. The number of amidine groups is 1. The van der Waals surface area contributed by atoms with Gasteiger partial charge in [0.25, 0.3) is 5.91 Å². The normalized spacial score (nSPS) is 12.3. The van der Waals surface area contributed by atoms with E-state index in [-0.39, 0.29) is 12.3 Å². The number of amides is 3. The lowest BCUT2D eigenvalue weighted by Gasteiger charge is -2.19. The molecule has 0 spiro atoms. The number of hydrogen-bond acceptors (Lipinski definition) is 3. The summed E-state index contributed by atoms with van der Waals surface area (Å²) in [6.45, 7) is -0.795. The van der Waals surface area contributed by atoms with E-state index < -0.39 is 30.4 Å². The molecule has 2 aromatic carbocycles. The van der Waals surface area contributed by atoms with Crippen molar-refractivity contribution in [1.82, 2.24) is 5.32 Å². The number of anilines is 1. The molecule has 0 unspecified atom stereocenters. The molecule has 2 aromatic rings. The van der Waals surface area contributed by atoms with Gasteiger partial charge in [0.2, 0.25) is 0 Å². The number of carbonyl (C=O) groups excluding carboxylic acids is 2. The highest BCUT2D eigenvalue weighted by Gasteiger charge is 2.18. The first-order chi connectivity index (χ1) is 12.9. The lowest BCUT2D eigenvalue weighted by molar-refractivity contribution is -0.120. The molecule has 1 atom stereocenters. The number of hydrogen-bond donors (Lipinski definition) is 4. The third kappa shape index (κ3) is 6.69. The summed E-state index contributed by atoms with van der Waals surface area (Å²) in [5, 5.41) is 14.5. The minimum Gasteiger partial charge on any atom is -0.386 e. The van der Waals surface area contributed by atoms with Gasteiger partial charge in [0, 0.05) is 10.7 Å². The van der Waals surface area contributed by atoms with E-state index in [2.05, 4.69) is 15.6 Å². The first kappa shape index (κ1) is 20.3. The average Bonchev–Trinajstić information content (AvgIpc) is 2.64. The molecule has 0 heterocycles. The lowest BCUT2D eigenvalue weighted by Crippen LogP contribution is -2.48. The molecule has 7 nitrogen and oxygen atoms in total. The molecule has 0 aliphatic rings. The molecule has 5 N–H and O–H groups in total. The van der Waals surface area contributed by atoms with E-state index in [1.54, 1.807) is 24.3 Å². The highest BCUT2D eigenvalue weighted by Crippen LogP contribution is 2.12. The zero-order valence-electron chi connectivity index (χ0n) is 14.2. The van der Waals surface area contributed by atoms with Crippen molar-refractivity contribution in [2.75, 3.05) is 11.9 Å². The van der Waals surface area contributed by atoms with E-state index in [1.807, 2.05) is 0 Å².